The Labute approximate surface area is 375 Å². The first-order valence-electron chi connectivity index (χ1n) is 23.1. The summed E-state index contributed by atoms with van der Waals surface area (Å²) >= 11 is 0. The molecule has 0 spiro atoms. The van der Waals surface area contributed by atoms with Crippen molar-refractivity contribution >= 4 is 18.7 Å². The summed E-state index contributed by atoms with van der Waals surface area (Å²) in [4.78, 5) is 0. The van der Waals surface area contributed by atoms with Crippen LogP contribution in [0.4, 0.5) is 0 Å². The van der Waals surface area contributed by atoms with E-state index in [1.165, 1.54) is 54.5 Å². The number of aryl methyl sites for hydroxylation is 1. The van der Waals surface area contributed by atoms with Gasteiger partial charge in [-0.2, -0.15) is 0 Å². The van der Waals surface area contributed by atoms with Crippen LogP contribution in [-0.2, 0) is 53.5 Å². The Hall–Kier alpha value is -2.72. The van der Waals surface area contributed by atoms with Crippen LogP contribution in [0.25, 0.3) is 0 Å². The topological polar surface area (TPSA) is 102 Å². The molecule has 0 atom stereocenters. The zero-order valence-electron chi connectivity index (χ0n) is 38.7. The predicted molar refractivity (Wildman–Crippen MR) is 250 cm³/mol. The number of hydrogen-bond donors (Lipinski definition) is 0. The fourth-order valence-electron chi connectivity index (χ4n) is 6.96. The van der Waals surface area contributed by atoms with E-state index >= 15 is 0 Å². The van der Waals surface area contributed by atoms with Gasteiger partial charge in [-0.15, -0.1) is 0 Å². The SMILES string of the molecule is CCCCCCCCc1ccc(OCCOCCOCCOCCOCCOCCOCCOCCOCCOCCO[Si](c2ccccc2)(c2ccccc2)C(C)(C)C)cc1. The summed E-state index contributed by atoms with van der Waals surface area (Å²) in [5.74, 6) is 0.885. The number of unbranched alkanes of at least 4 members (excludes halogenated alkanes) is 5. The summed E-state index contributed by atoms with van der Waals surface area (Å²) in [5.41, 5.74) is 1.38. The molecule has 3 aromatic carbocycles. The van der Waals surface area contributed by atoms with Crippen LogP contribution in [0.15, 0.2) is 84.9 Å². The smallest absolute Gasteiger partial charge is 0.261 e. The van der Waals surface area contributed by atoms with Crippen LogP contribution in [0.5, 0.6) is 5.75 Å². The van der Waals surface area contributed by atoms with Crippen LogP contribution >= 0.6 is 0 Å². The fourth-order valence-corrected chi connectivity index (χ4v) is 11.5. The van der Waals surface area contributed by atoms with Crippen LogP contribution in [0.3, 0.4) is 0 Å². The molecule has 0 aliphatic rings. The van der Waals surface area contributed by atoms with Crippen LogP contribution in [0, 0.1) is 0 Å². The van der Waals surface area contributed by atoms with Gasteiger partial charge in [0, 0.05) is 0 Å². The lowest BCUT2D eigenvalue weighted by Gasteiger charge is -2.43. The number of rotatable bonds is 41. The Kier molecular flexibility index (Phi) is 30.8. The fraction of sp³-hybridized carbons (Fsp3) is 0.640. The molecule has 0 saturated carbocycles. The maximum Gasteiger partial charge on any atom is 0.261 e. The zero-order chi connectivity index (χ0) is 44.1. The van der Waals surface area contributed by atoms with Gasteiger partial charge in [0.05, 0.1) is 126 Å². The average Bonchev–Trinajstić information content (AvgIpc) is 3.28. The highest BCUT2D eigenvalue weighted by Crippen LogP contribution is 2.36. The van der Waals surface area contributed by atoms with Crippen LogP contribution in [0.1, 0.15) is 71.8 Å². The molecular weight excluding hydrogens is 805 g/mol. The van der Waals surface area contributed by atoms with E-state index in [4.69, 9.17) is 51.8 Å². The van der Waals surface area contributed by atoms with E-state index < -0.39 is 8.32 Å². The first-order valence-corrected chi connectivity index (χ1v) is 25.0. The first-order chi connectivity index (χ1) is 30.5. The highest BCUT2D eigenvalue weighted by Gasteiger charge is 2.50. The van der Waals surface area contributed by atoms with Gasteiger partial charge in [0.25, 0.3) is 8.32 Å². The minimum Gasteiger partial charge on any atom is -0.491 e. The molecule has 0 amide bonds. The summed E-state index contributed by atoms with van der Waals surface area (Å²) in [6.07, 6.45) is 9.08. The molecule has 0 saturated heterocycles. The second kappa shape index (κ2) is 35.6. The lowest BCUT2D eigenvalue weighted by atomic mass is 10.0. The molecule has 12 heteroatoms. The maximum absolute atomic E-state index is 6.86. The van der Waals surface area contributed by atoms with Crippen LogP contribution < -0.4 is 15.1 Å². The van der Waals surface area contributed by atoms with E-state index in [0.29, 0.717) is 132 Å². The average molecular weight is 885 g/mol. The molecule has 0 bridgehead atoms. The zero-order valence-corrected chi connectivity index (χ0v) is 39.7. The second-order valence-corrected chi connectivity index (χ2v) is 20.3. The quantitative estimate of drug-likeness (QED) is 0.0414. The minimum atomic E-state index is -2.54. The summed E-state index contributed by atoms with van der Waals surface area (Å²) in [6.45, 7) is 19.4. The van der Waals surface area contributed by atoms with Gasteiger partial charge in [-0.25, -0.2) is 0 Å². The van der Waals surface area contributed by atoms with Crippen molar-refractivity contribution in [2.24, 2.45) is 0 Å². The highest BCUT2D eigenvalue weighted by atomic mass is 28.4. The van der Waals surface area contributed by atoms with E-state index in [-0.39, 0.29) is 5.04 Å². The lowest BCUT2D eigenvalue weighted by Crippen LogP contribution is -2.66. The van der Waals surface area contributed by atoms with E-state index in [1.807, 2.05) is 0 Å². The van der Waals surface area contributed by atoms with Gasteiger partial charge < -0.3 is 51.8 Å². The molecule has 3 rings (SSSR count). The van der Waals surface area contributed by atoms with E-state index in [9.17, 15) is 0 Å². The van der Waals surface area contributed by atoms with E-state index in [1.54, 1.807) is 0 Å². The van der Waals surface area contributed by atoms with Crippen molar-refractivity contribution in [1.29, 1.82) is 0 Å². The van der Waals surface area contributed by atoms with Crippen molar-refractivity contribution < 1.29 is 51.8 Å². The summed E-state index contributed by atoms with van der Waals surface area (Å²) in [5, 5.41) is 2.48. The van der Waals surface area contributed by atoms with Crippen LogP contribution in [-0.4, -0.2) is 140 Å². The second-order valence-electron chi connectivity index (χ2n) is 16.0. The first kappa shape index (κ1) is 53.6. The molecular formula is C50H80O11Si. The van der Waals surface area contributed by atoms with Crippen LogP contribution in [0.2, 0.25) is 5.04 Å². The number of benzene rings is 3. The molecule has 0 aliphatic heterocycles. The molecule has 62 heavy (non-hydrogen) atoms. The van der Waals surface area contributed by atoms with Gasteiger partial charge in [0.15, 0.2) is 0 Å². The minimum absolute atomic E-state index is 0.0573. The van der Waals surface area contributed by atoms with E-state index in [2.05, 4.69) is 113 Å². The Balaban J connectivity index is 0.997. The van der Waals surface area contributed by atoms with Gasteiger partial charge in [0.2, 0.25) is 0 Å². The summed E-state index contributed by atoms with van der Waals surface area (Å²) in [6, 6.07) is 29.8. The predicted octanol–water partition coefficient (Wildman–Crippen LogP) is 7.69. The molecule has 0 radical (unpaired) electrons. The molecule has 11 nitrogen and oxygen atoms in total. The Morgan fingerprint density at radius 3 is 1.08 bits per heavy atom. The molecule has 0 aromatic heterocycles. The molecule has 350 valence electrons. The Morgan fingerprint density at radius 2 is 0.710 bits per heavy atom. The molecule has 3 aromatic rings. The van der Waals surface area contributed by atoms with Crippen molar-refractivity contribution in [3.63, 3.8) is 0 Å². The number of hydrogen-bond acceptors (Lipinski definition) is 11. The van der Waals surface area contributed by atoms with Gasteiger partial charge in [-0.05, 0) is 45.9 Å². The highest BCUT2D eigenvalue weighted by molar-refractivity contribution is 6.99. The summed E-state index contributed by atoms with van der Waals surface area (Å²) in [7, 11) is -2.54. The maximum atomic E-state index is 6.86. The Morgan fingerprint density at radius 1 is 0.371 bits per heavy atom. The van der Waals surface area contributed by atoms with Crippen molar-refractivity contribution in [2.75, 3.05) is 132 Å². The van der Waals surface area contributed by atoms with Crippen molar-refractivity contribution in [1.82, 2.24) is 0 Å². The third kappa shape index (κ3) is 23.8. The van der Waals surface area contributed by atoms with Gasteiger partial charge in [0.1, 0.15) is 12.4 Å². The van der Waals surface area contributed by atoms with Crippen molar-refractivity contribution in [2.45, 2.75) is 77.7 Å². The standard InChI is InChI=1S/C50H80O11Si/c1-5-6-7-8-9-12-17-46-22-24-47(25-23-46)60-44-42-58-40-38-56-36-34-54-32-30-52-28-26-51-27-29-53-31-33-55-35-37-57-39-41-59-43-45-61-62(50(2,3)4,48-18-13-10-14-19-48)49-20-15-11-16-21-49/h10-11,13-16,18-25H,5-9,12,17,26-45H2,1-4H3. The number of ether oxygens (including phenoxy) is 10. The molecule has 0 unspecified atom stereocenters. The van der Waals surface area contributed by atoms with Gasteiger partial charge >= 0.3 is 0 Å². The van der Waals surface area contributed by atoms with Gasteiger partial charge in [-0.3, -0.25) is 0 Å². The van der Waals surface area contributed by atoms with Crippen molar-refractivity contribution in [3.05, 3.63) is 90.5 Å². The molecule has 0 heterocycles. The Bertz CT molecular complexity index is 1390. The molecule has 0 aliphatic carbocycles. The third-order valence-electron chi connectivity index (χ3n) is 10.2. The van der Waals surface area contributed by atoms with E-state index in [0.717, 1.165) is 12.2 Å². The lowest BCUT2D eigenvalue weighted by molar-refractivity contribution is -0.0257. The van der Waals surface area contributed by atoms with Gasteiger partial charge in [-0.1, -0.05) is 133 Å². The third-order valence-corrected chi connectivity index (χ3v) is 15.2. The molecule has 0 N–H and O–H groups in total. The monoisotopic (exact) mass is 885 g/mol. The largest absolute Gasteiger partial charge is 0.491 e. The van der Waals surface area contributed by atoms with Crippen molar-refractivity contribution in [3.8, 4) is 5.75 Å². The normalized spacial score (nSPS) is 12.0. The summed E-state index contributed by atoms with van der Waals surface area (Å²) < 4.78 is 63.2. The molecule has 0 fully saturated rings.